The van der Waals surface area contributed by atoms with Crippen LogP contribution in [0, 0.1) is 5.82 Å². The van der Waals surface area contributed by atoms with Crippen LogP contribution < -0.4 is 20.7 Å². The summed E-state index contributed by atoms with van der Waals surface area (Å²) in [6.45, 7) is 7.65. The van der Waals surface area contributed by atoms with Gasteiger partial charge in [-0.25, -0.2) is 14.4 Å². The number of carbonyl (C=O) groups is 1. The zero-order valence-corrected chi connectivity index (χ0v) is 24.7. The van der Waals surface area contributed by atoms with Crippen molar-refractivity contribution in [1.29, 1.82) is 0 Å². The minimum absolute atomic E-state index is 0.189. The second-order valence-electron chi connectivity index (χ2n) is 11.3. The predicted molar refractivity (Wildman–Crippen MR) is 157 cm³/mol. The Bertz CT molecular complexity index is 1540. The smallest absolute Gasteiger partial charge is 0.378 e. The lowest BCUT2D eigenvalue weighted by atomic mass is 10.0. The number of hydrogen-bond acceptors (Lipinski definition) is 8. The molecule has 10 nitrogen and oxygen atoms in total. The Kier molecular flexibility index (Phi) is 9.20. The van der Waals surface area contributed by atoms with Crippen LogP contribution in [0.4, 0.5) is 29.2 Å². The fourth-order valence-electron chi connectivity index (χ4n) is 5.53. The van der Waals surface area contributed by atoms with Gasteiger partial charge in [0.2, 0.25) is 11.5 Å². The van der Waals surface area contributed by atoms with E-state index in [1.165, 1.54) is 18.5 Å². The van der Waals surface area contributed by atoms with E-state index in [1.54, 1.807) is 6.07 Å². The Morgan fingerprint density at radius 3 is 2.50 bits per heavy atom. The Balaban J connectivity index is 1.46. The van der Waals surface area contributed by atoms with Crippen molar-refractivity contribution in [3.8, 4) is 11.1 Å². The molecule has 3 aromatic rings. The molecule has 1 atom stereocenters. The van der Waals surface area contributed by atoms with E-state index < -0.39 is 34.6 Å². The van der Waals surface area contributed by atoms with Gasteiger partial charge in [0.15, 0.2) is 0 Å². The SMILES string of the molecule is CC(C)N(C)[C@@H]1CCN(c2cc(F)c(-c3cnc(N4CCOCC4)nc3)cc2CNC(=O)c2c[nH]c(=O)cc2C(F)(F)F)C1. The number of pyridine rings is 1. The standard InChI is InChI=1S/C30H35F4N7O3/c1-18(2)39(3)21-4-5-41(17-21)26-12-25(31)22(20-14-37-29(38-15-20)40-6-8-44-9-7-40)10-19(26)13-36-28(43)23-16-35-27(42)11-24(23)30(32,33)34/h10-12,14-16,18,21H,4-9,13,17H2,1-3H3,(H,35,42)(H,36,43)/t21-/m1/s1. The summed E-state index contributed by atoms with van der Waals surface area (Å²) in [6.07, 6.45) is -0.268. The number of anilines is 2. The van der Waals surface area contributed by atoms with E-state index >= 15 is 4.39 Å². The van der Waals surface area contributed by atoms with Gasteiger partial charge in [-0.3, -0.25) is 14.5 Å². The number of benzene rings is 1. The summed E-state index contributed by atoms with van der Waals surface area (Å²) in [5.74, 6) is -1.04. The molecule has 1 aromatic carbocycles. The molecule has 0 radical (unpaired) electrons. The van der Waals surface area contributed by atoms with E-state index in [2.05, 4.69) is 39.0 Å². The van der Waals surface area contributed by atoms with Crippen molar-refractivity contribution in [2.24, 2.45) is 0 Å². The summed E-state index contributed by atoms with van der Waals surface area (Å²) in [6, 6.07) is 3.85. The van der Waals surface area contributed by atoms with Gasteiger partial charge in [-0.2, -0.15) is 13.2 Å². The van der Waals surface area contributed by atoms with Gasteiger partial charge in [0.05, 0.1) is 24.3 Å². The molecule has 4 heterocycles. The number of hydrogen-bond donors (Lipinski definition) is 2. The molecule has 236 valence electrons. The first-order valence-corrected chi connectivity index (χ1v) is 14.4. The molecule has 5 rings (SSSR count). The van der Waals surface area contributed by atoms with Gasteiger partial charge in [0.25, 0.3) is 5.91 Å². The highest BCUT2D eigenvalue weighted by Gasteiger charge is 2.36. The van der Waals surface area contributed by atoms with Crippen LogP contribution >= 0.6 is 0 Å². The lowest BCUT2D eigenvalue weighted by Gasteiger charge is -2.29. The zero-order chi connectivity index (χ0) is 31.6. The molecule has 2 N–H and O–H groups in total. The van der Waals surface area contributed by atoms with Crippen molar-refractivity contribution in [3.63, 3.8) is 0 Å². The molecule has 0 spiro atoms. The number of aromatic amines is 1. The minimum Gasteiger partial charge on any atom is -0.378 e. The lowest BCUT2D eigenvalue weighted by molar-refractivity contribution is -0.138. The molecule has 0 unspecified atom stereocenters. The van der Waals surface area contributed by atoms with Crippen LogP contribution in [0.1, 0.15) is 41.8 Å². The van der Waals surface area contributed by atoms with E-state index in [4.69, 9.17) is 4.74 Å². The topological polar surface area (TPSA) is 107 Å². The second kappa shape index (κ2) is 12.9. The molecule has 0 aliphatic carbocycles. The Hall–Kier alpha value is -4.04. The van der Waals surface area contributed by atoms with Crippen LogP contribution in [0.5, 0.6) is 0 Å². The van der Waals surface area contributed by atoms with Crippen molar-refractivity contribution in [3.05, 3.63) is 69.7 Å². The van der Waals surface area contributed by atoms with Crippen LogP contribution in [0.15, 0.2) is 41.6 Å². The Morgan fingerprint density at radius 2 is 1.84 bits per heavy atom. The highest BCUT2D eigenvalue weighted by molar-refractivity contribution is 5.95. The summed E-state index contributed by atoms with van der Waals surface area (Å²) >= 11 is 0. The molecule has 0 bridgehead atoms. The summed E-state index contributed by atoms with van der Waals surface area (Å²) in [7, 11) is 2.03. The average Bonchev–Trinajstić information content (AvgIpc) is 3.50. The van der Waals surface area contributed by atoms with Crippen molar-refractivity contribution < 1.29 is 27.1 Å². The molecule has 44 heavy (non-hydrogen) atoms. The first-order chi connectivity index (χ1) is 20.9. The number of nitrogens with one attached hydrogen (secondary N) is 2. The van der Waals surface area contributed by atoms with E-state index in [0.29, 0.717) is 74.3 Å². The molecule has 2 fully saturated rings. The average molecular weight is 618 g/mol. The number of alkyl halides is 3. The van der Waals surface area contributed by atoms with Gasteiger partial charge in [-0.1, -0.05) is 0 Å². The number of amides is 1. The van der Waals surface area contributed by atoms with Crippen LogP contribution in [0.3, 0.4) is 0 Å². The normalized spacial score (nSPS) is 17.5. The lowest BCUT2D eigenvalue weighted by Crippen LogP contribution is -2.39. The number of likely N-dealkylation sites (N-methyl/N-ethyl adjacent to an activating group) is 1. The predicted octanol–water partition coefficient (Wildman–Crippen LogP) is 3.68. The number of rotatable bonds is 8. The van der Waals surface area contributed by atoms with Crippen molar-refractivity contribution in [2.75, 3.05) is 56.2 Å². The molecule has 2 aliphatic heterocycles. The summed E-state index contributed by atoms with van der Waals surface area (Å²) < 4.78 is 61.9. The van der Waals surface area contributed by atoms with Crippen molar-refractivity contribution in [1.82, 2.24) is 25.2 Å². The van der Waals surface area contributed by atoms with E-state index in [9.17, 15) is 22.8 Å². The Labute approximate surface area is 252 Å². The van der Waals surface area contributed by atoms with Gasteiger partial charge in [0.1, 0.15) is 5.82 Å². The second-order valence-corrected chi connectivity index (χ2v) is 11.3. The van der Waals surface area contributed by atoms with Crippen LogP contribution in [-0.2, 0) is 17.5 Å². The third-order valence-corrected chi connectivity index (χ3v) is 8.22. The van der Waals surface area contributed by atoms with Gasteiger partial charge < -0.3 is 24.8 Å². The Morgan fingerprint density at radius 1 is 1.14 bits per heavy atom. The molecule has 1 amide bonds. The monoisotopic (exact) mass is 617 g/mol. The fraction of sp³-hybridized carbons (Fsp3) is 0.467. The third kappa shape index (κ3) is 6.86. The quantitative estimate of drug-likeness (QED) is 0.369. The molecule has 14 heteroatoms. The largest absolute Gasteiger partial charge is 0.417 e. The van der Waals surface area contributed by atoms with Gasteiger partial charge in [0, 0.05) is 86.3 Å². The fourth-order valence-corrected chi connectivity index (χ4v) is 5.53. The number of nitrogens with zero attached hydrogens (tertiary/aromatic N) is 5. The molecule has 2 saturated heterocycles. The maximum atomic E-state index is 15.7. The number of halogens is 4. The summed E-state index contributed by atoms with van der Waals surface area (Å²) in [4.78, 5) is 41.8. The van der Waals surface area contributed by atoms with Gasteiger partial charge in [-0.15, -0.1) is 0 Å². The van der Waals surface area contributed by atoms with Crippen molar-refractivity contribution >= 4 is 17.5 Å². The first kappa shape index (κ1) is 31.4. The maximum Gasteiger partial charge on any atom is 0.417 e. The summed E-state index contributed by atoms with van der Waals surface area (Å²) in [5, 5.41) is 2.54. The van der Waals surface area contributed by atoms with Crippen LogP contribution in [0.2, 0.25) is 0 Å². The van der Waals surface area contributed by atoms with Gasteiger partial charge in [-0.05, 0) is 45.0 Å². The number of carbonyl (C=O) groups excluding carboxylic acids is 1. The van der Waals surface area contributed by atoms with Crippen molar-refractivity contribution in [2.45, 2.75) is 45.1 Å². The number of aromatic nitrogens is 3. The summed E-state index contributed by atoms with van der Waals surface area (Å²) in [5.41, 5.74) is -1.37. The number of ether oxygens (including phenoxy) is 1. The van der Waals surface area contributed by atoms with Crippen LogP contribution in [-0.4, -0.2) is 84.3 Å². The molecule has 0 saturated carbocycles. The molecule has 2 aliphatic rings. The third-order valence-electron chi connectivity index (χ3n) is 8.22. The molecular formula is C30H35F4N7O3. The highest BCUT2D eigenvalue weighted by atomic mass is 19.4. The number of H-pyrrole nitrogens is 1. The van der Waals surface area contributed by atoms with Crippen LogP contribution in [0.25, 0.3) is 11.1 Å². The van der Waals surface area contributed by atoms with E-state index in [-0.39, 0.29) is 18.2 Å². The first-order valence-electron chi connectivity index (χ1n) is 14.4. The minimum atomic E-state index is -4.91. The zero-order valence-electron chi connectivity index (χ0n) is 24.7. The number of morpholine rings is 1. The van der Waals surface area contributed by atoms with E-state index in [0.717, 1.165) is 12.6 Å². The maximum absolute atomic E-state index is 15.7. The van der Waals surface area contributed by atoms with Gasteiger partial charge >= 0.3 is 6.18 Å². The highest BCUT2D eigenvalue weighted by Crippen LogP contribution is 2.34. The molecule has 2 aromatic heterocycles. The molecular weight excluding hydrogens is 582 g/mol. The van der Waals surface area contributed by atoms with E-state index in [1.807, 2.05) is 16.8 Å².